The molecule has 1 aromatic carbocycles. The zero-order chi connectivity index (χ0) is 14.7. The average Bonchev–Trinajstić information content (AvgIpc) is 2.78. The number of likely N-dealkylation sites (N-methyl/N-ethyl adjacent to an activating group) is 1. The third-order valence-electron chi connectivity index (χ3n) is 3.72. The molecule has 1 unspecified atom stereocenters. The van der Waals surface area contributed by atoms with E-state index in [1.807, 2.05) is 6.07 Å². The highest BCUT2D eigenvalue weighted by Gasteiger charge is 2.18. The van der Waals surface area contributed by atoms with Gasteiger partial charge in [-0.05, 0) is 72.4 Å². The van der Waals surface area contributed by atoms with E-state index < -0.39 is 0 Å². The molecule has 1 N–H and O–H groups in total. The quantitative estimate of drug-likeness (QED) is 0.843. The molecule has 0 saturated carbocycles. The van der Waals surface area contributed by atoms with Crippen molar-refractivity contribution >= 4 is 15.9 Å². The molecule has 0 radical (unpaired) electrons. The van der Waals surface area contributed by atoms with Gasteiger partial charge in [0.05, 0.1) is 6.26 Å². The summed E-state index contributed by atoms with van der Waals surface area (Å²) >= 11 is 3.49. The number of nitrogens with one attached hydrogen (secondary N) is 1. The SMILES string of the molecule is CCNC(Cc1c(C)cc(C)cc1C)c1ccoc1Br. The summed E-state index contributed by atoms with van der Waals surface area (Å²) in [6.07, 6.45) is 2.71. The van der Waals surface area contributed by atoms with Crippen LogP contribution < -0.4 is 5.32 Å². The van der Waals surface area contributed by atoms with Crippen LogP contribution >= 0.6 is 15.9 Å². The Morgan fingerprint density at radius 1 is 1.20 bits per heavy atom. The van der Waals surface area contributed by atoms with Gasteiger partial charge in [0, 0.05) is 11.6 Å². The molecule has 0 saturated heterocycles. The minimum absolute atomic E-state index is 0.272. The van der Waals surface area contributed by atoms with Crippen LogP contribution in [-0.4, -0.2) is 6.54 Å². The van der Waals surface area contributed by atoms with Crippen LogP contribution in [0, 0.1) is 20.8 Å². The van der Waals surface area contributed by atoms with Crippen LogP contribution in [0.3, 0.4) is 0 Å². The van der Waals surface area contributed by atoms with Crippen molar-refractivity contribution < 1.29 is 4.42 Å². The van der Waals surface area contributed by atoms with Crippen molar-refractivity contribution in [1.29, 1.82) is 0 Å². The predicted molar refractivity (Wildman–Crippen MR) is 87.2 cm³/mol. The van der Waals surface area contributed by atoms with Crippen LogP contribution in [0.15, 0.2) is 33.5 Å². The zero-order valence-electron chi connectivity index (χ0n) is 12.6. The van der Waals surface area contributed by atoms with Gasteiger partial charge in [-0.2, -0.15) is 0 Å². The first kappa shape index (κ1) is 15.3. The highest BCUT2D eigenvalue weighted by atomic mass is 79.9. The van der Waals surface area contributed by atoms with Crippen molar-refractivity contribution in [3.63, 3.8) is 0 Å². The fourth-order valence-corrected chi connectivity index (χ4v) is 3.34. The number of rotatable bonds is 5. The molecule has 1 atom stereocenters. The fraction of sp³-hybridized carbons (Fsp3) is 0.412. The van der Waals surface area contributed by atoms with Gasteiger partial charge in [-0.15, -0.1) is 0 Å². The smallest absolute Gasteiger partial charge is 0.173 e. The van der Waals surface area contributed by atoms with E-state index >= 15 is 0 Å². The van der Waals surface area contributed by atoms with Gasteiger partial charge in [-0.1, -0.05) is 24.6 Å². The Morgan fingerprint density at radius 2 is 1.85 bits per heavy atom. The lowest BCUT2D eigenvalue weighted by molar-refractivity contribution is 0.505. The van der Waals surface area contributed by atoms with Crippen LogP contribution in [0.5, 0.6) is 0 Å². The molecule has 0 spiro atoms. The van der Waals surface area contributed by atoms with E-state index in [1.165, 1.54) is 27.8 Å². The monoisotopic (exact) mass is 335 g/mol. The molecule has 3 heteroatoms. The summed E-state index contributed by atoms with van der Waals surface area (Å²) in [5, 5.41) is 3.55. The lowest BCUT2D eigenvalue weighted by atomic mass is 9.92. The Hall–Kier alpha value is -1.06. The molecule has 108 valence electrons. The molecule has 2 nitrogen and oxygen atoms in total. The van der Waals surface area contributed by atoms with Crippen molar-refractivity contribution in [1.82, 2.24) is 5.32 Å². The second-order valence-electron chi connectivity index (χ2n) is 5.34. The zero-order valence-corrected chi connectivity index (χ0v) is 14.2. The van der Waals surface area contributed by atoms with Crippen molar-refractivity contribution in [3.05, 3.63) is 56.9 Å². The first-order chi connectivity index (χ1) is 9.52. The second-order valence-corrected chi connectivity index (χ2v) is 6.06. The summed E-state index contributed by atoms with van der Waals surface area (Å²) in [5.41, 5.74) is 6.67. The molecule has 0 fully saturated rings. The first-order valence-electron chi connectivity index (χ1n) is 7.06. The molecule has 1 heterocycles. The topological polar surface area (TPSA) is 25.2 Å². The molecular formula is C17H22BrNO. The van der Waals surface area contributed by atoms with Gasteiger partial charge in [0.1, 0.15) is 0 Å². The van der Waals surface area contributed by atoms with E-state index in [1.54, 1.807) is 6.26 Å². The van der Waals surface area contributed by atoms with Crippen LogP contribution in [0.4, 0.5) is 0 Å². The second kappa shape index (κ2) is 6.59. The maximum atomic E-state index is 5.39. The fourth-order valence-electron chi connectivity index (χ4n) is 2.83. The minimum atomic E-state index is 0.272. The number of benzene rings is 1. The molecule has 20 heavy (non-hydrogen) atoms. The van der Waals surface area contributed by atoms with E-state index in [2.05, 4.69) is 61.1 Å². The molecular weight excluding hydrogens is 314 g/mol. The number of halogens is 1. The first-order valence-corrected chi connectivity index (χ1v) is 7.85. The van der Waals surface area contributed by atoms with Crippen LogP contribution in [-0.2, 0) is 6.42 Å². The standard InChI is InChI=1S/C17H22BrNO/c1-5-19-16(14-6-7-20-17(14)18)10-15-12(3)8-11(2)9-13(15)4/h6-9,16,19H,5,10H2,1-4H3. The third kappa shape index (κ3) is 3.33. The predicted octanol–water partition coefficient (Wildman–Crippen LogP) is 4.86. The number of furan rings is 1. The number of hydrogen-bond acceptors (Lipinski definition) is 2. The van der Waals surface area contributed by atoms with Crippen LogP contribution in [0.1, 0.15) is 40.8 Å². The van der Waals surface area contributed by atoms with Gasteiger partial charge < -0.3 is 9.73 Å². The van der Waals surface area contributed by atoms with Crippen molar-refractivity contribution in [2.24, 2.45) is 0 Å². The Bertz CT molecular complexity index is 565. The van der Waals surface area contributed by atoms with E-state index in [0.29, 0.717) is 0 Å². The lowest BCUT2D eigenvalue weighted by Gasteiger charge is -2.20. The van der Waals surface area contributed by atoms with Gasteiger partial charge in [0.2, 0.25) is 0 Å². The molecule has 0 aliphatic carbocycles. The minimum Gasteiger partial charge on any atom is -0.457 e. The van der Waals surface area contributed by atoms with Gasteiger partial charge in [-0.3, -0.25) is 0 Å². The lowest BCUT2D eigenvalue weighted by Crippen LogP contribution is -2.23. The molecule has 0 amide bonds. The van der Waals surface area contributed by atoms with E-state index in [9.17, 15) is 0 Å². The highest BCUT2D eigenvalue weighted by Crippen LogP contribution is 2.29. The summed E-state index contributed by atoms with van der Waals surface area (Å²) in [4.78, 5) is 0. The Morgan fingerprint density at radius 3 is 2.35 bits per heavy atom. The Kier molecular flexibility index (Phi) is 5.06. The number of hydrogen-bond donors (Lipinski definition) is 1. The number of aryl methyl sites for hydroxylation is 3. The maximum Gasteiger partial charge on any atom is 0.173 e. The Labute approximate surface area is 129 Å². The molecule has 0 aliphatic heterocycles. The molecule has 0 bridgehead atoms. The van der Waals surface area contributed by atoms with Gasteiger partial charge >= 0.3 is 0 Å². The molecule has 2 rings (SSSR count). The van der Waals surface area contributed by atoms with Gasteiger partial charge in [0.25, 0.3) is 0 Å². The summed E-state index contributed by atoms with van der Waals surface area (Å²) < 4.78 is 6.21. The third-order valence-corrected chi connectivity index (χ3v) is 4.37. The molecule has 0 aliphatic rings. The van der Waals surface area contributed by atoms with Crippen molar-refractivity contribution in [2.45, 2.75) is 40.2 Å². The average molecular weight is 336 g/mol. The van der Waals surface area contributed by atoms with E-state index in [4.69, 9.17) is 4.42 Å². The largest absolute Gasteiger partial charge is 0.457 e. The van der Waals surface area contributed by atoms with E-state index in [-0.39, 0.29) is 6.04 Å². The summed E-state index contributed by atoms with van der Waals surface area (Å²) in [7, 11) is 0. The normalized spacial score (nSPS) is 12.7. The van der Waals surface area contributed by atoms with Crippen molar-refractivity contribution in [2.75, 3.05) is 6.54 Å². The maximum absolute atomic E-state index is 5.39. The van der Waals surface area contributed by atoms with E-state index in [0.717, 1.165) is 17.6 Å². The molecule has 1 aromatic heterocycles. The van der Waals surface area contributed by atoms with Crippen molar-refractivity contribution in [3.8, 4) is 0 Å². The van der Waals surface area contributed by atoms with Gasteiger partial charge in [-0.25, -0.2) is 0 Å². The highest BCUT2D eigenvalue weighted by molar-refractivity contribution is 9.10. The molecule has 2 aromatic rings. The Balaban J connectivity index is 2.32. The van der Waals surface area contributed by atoms with Gasteiger partial charge in [0.15, 0.2) is 4.67 Å². The summed E-state index contributed by atoms with van der Waals surface area (Å²) in [6.45, 7) is 9.62. The van der Waals surface area contributed by atoms with Crippen LogP contribution in [0.2, 0.25) is 0 Å². The van der Waals surface area contributed by atoms with Crippen LogP contribution in [0.25, 0.3) is 0 Å². The summed E-state index contributed by atoms with van der Waals surface area (Å²) in [5.74, 6) is 0. The summed E-state index contributed by atoms with van der Waals surface area (Å²) in [6, 6.07) is 6.83.